The molecule has 146 valence electrons. The van der Waals surface area contributed by atoms with Crippen LogP contribution in [0, 0.1) is 0 Å². The maximum absolute atomic E-state index is 12.7. The summed E-state index contributed by atoms with van der Waals surface area (Å²) >= 11 is 2.65. The van der Waals surface area contributed by atoms with Crippen molar-refractivity contribution < 1.29 is 13.2 Å². The molecule has 4 aromatic rings. The number of sulfonamides is 1. The Hall–Kier alpha value is -3.01. The molecule has 0 atom stereocenters. The first-order chi connectivity index (χ1) is 14.0. The number of benzene rings is 2. The monoisotopic (exact) mass is 441 g/mol. The molecule has 2 N–H and O–H groups in total. The summed E-state index contributed by atoms with van der Waals surface area (Å²) in [6, 6.07) is 17.0. The Kier molecular flexibility index (Phi) is 5.43. The number of nitrogens with zero attached hydrogens (tertiary/aromatic N) is 1. The van der Waals surface area contributed by atoms with Crippen LogP contribution in [0.4, 0.5) is 11.4 Å². The van der Waals surface area contributed by atoms with Gasteiger partial charge in [0.1, 0.15) is 9.22 Å². The maximum Gasteiger partial charge on any atom is 0.271 e. The first-order valence-corrected chi connectivity index (χ1v) is 11.7. The minimum absolute atomic E-state index is 0.214. The molecule has 0 aliphatic heterocycles. The van der Waals surface area contributed by atoms with Crippen LogP contribution < -0.4 is 10.0 Å². The number of nitrogens with one attached hydrogen (secondary N) is 2. The molecule has 2 aromatic heterocycles. The van der Waals surface area contributed by atoms with E-state index in [2.05, 4.69) is 15.0 Å². The molecule has 29 heavy (non-hydrogen) atoms. The van der Waals surface area contributed by atoms with Gasteiger partial charge in [-0.1, -0.05) is 24.3 Å². The van der Waals surface area contributed by atoms with Crippen molar-refractivity contribution in [2.24, 2.45) is 0 Å². The minimum atomic E-state index is -3.67. The van der Waals surface area contributed by atoms with Gasteiger partial charge in [0.15, 0.2) is 0 Å². The van der Waals surface area contributed by atoms with Crippen molar-refractivity contribution in [1.29, 1.82) is 0 Å². The van der Waals surface area contributed by atoms with Crippen molar-refractivity contribution in [3.05, 3.63) is 83.2 Å². The highest BCUT2D eigenvalue weighted by molar-refractivity contribution is 7.94. The summed E-state index contributed by atoms with van der Waals surface area (Å²) in [5, 5.41) is 7.29. The average Bonchev–Trinajstić information content (AvgIpc) is 3.42. The molecule has 6 nitrogen and oxygen atoms in total. The summed E-state index contributed by atoms with van der Waals surface area (Å²) in [6.45, 7) is 0. The van der Waals surface area contributed by atoms with Gasteiger partial charge in [0, 0.05) is 34.1 Å². The number of carbonyl (C=O) groups is 1. The van der Waals surface area contributed by atoms with E-state index in [1.165, 1.54) is 23.5 Å². The van der Waals surface area contributed by atoms with Crippen molar-refractivity contribution in [2.45, 2.75) is 4.21 Å². The second-order valence-corrected chi connectivity index (χ2v) is 9.74. The molecule has 4 rings (SSSR count). The molecule has 0 spiro atoms. The van der Waals surface area contributed by atoms with Gasteiger partial charge in [-0.15, -0.1) is 22.7 Å². The van der Waals surface area contributed by atoms with Gasteiger partial charge in [0.2, 0.25) is 0 Å². The van der Waals surface area contributed by atoms with Crippen LogP contribution >= 0.6 is 22.7 Å². The predicted octanol–water partition coefficient (Wildman–Crippen LogP) is 4.92. The van der Waals surface area contributed by atoms with Crippen molar-refractivity contribution in [2.75, 3.05) is 10.0 Å². The fraction of sp³-hybridized carbons (Fsp3) is 0. The van der Waals surface area contributed by atoms with E-state index in [-0.39, 0.29) is 10.1 Å². The number of carbonyl (C=O) groups excluding carboxylic acids is 1. The van der Waals surface area contributed by atoms with Crippen LogP contribution in [0.2, 0.25) is 0 Å². The topological polar surface area (TPSA) is 88.2 Å². The van der Waals surface area contributed by atoms with Gasteiger partial charge in [-0.3, -0.25) is 9.52 Å². The van der Waals surface area contributed by atoms with E-state index in [1.54, 1.807) is 41.9 Å². The van der Waals surface area contributed by atoms with Crippen molar-refractivity contribution in [3.63, 3.8) is 0 Å². The number of hydrogen-bond donors (Lipinski definition) is 2. The lowest BCUT2D eigenvalue weighted by molar-refractivity contribution is 0.102. The summed E-state index contributed by atoms with van der Waals surface area (Å²) in [6.07, 6.45) is 1.73. The van der Waals surface area contributed by atoms with Crippen molar-refractivity contribution in [1.82, 2.24) is 4.98 Å². The third-order valence-electron chi connectivity index (χ3n) is 3.94. The molecule has 0 fully saturated rings. The van der Waals surface area contributed by atoms with Crippen molar-refractivity contribution >= 4 is 50.0 Å². The number of thiophene rings is 1. The third-order valence-corrected chi connectivity index (χ3v) is 7.54. The van der Waals surface area contributed by atoms with Crippen LogP contribution in [-0.4, -0.2) is 19.3 Å². The molecule has 0 unspecified atom stereocenters. The first-order valence-electron chi connectivity index (χ1n) is 8.49. The highest BCUT2D eigenvalue weighted by Crippen LogP contribution is 2.25. The smallest absolute Gasteiger partial charge is 0.271 e. The van der Waals surface area contributed by atoms with E-state index in [1.807, 2.05) is 23.6 Å². The number of aromatic nitrogens is 1. The fourth-order valence-corrected chi connectivity index (χ4v) is 5.32. The quantitative estimate of drug-likeness (QED) is 0.444. The zero-order chi connectivity index (χ0) is 20.3. The van der Waals surface area contributed by atoms with Crippen LogP contribution in [0.5, 0.6) is 0 Å². The second kappa shape index (κ2) is 8.16. The lowest BCUT2D eigenvalue weighted by Gasteiger charge is -2.09. The summed E-state index contributed by atoms with van der Waals surface area (Å²) < 4.78 is 27.5. The Morgan fingerprint density at radius 1 is 0.897 bits per heavy atom. The van der Waals surface area contributed by atoms with Gasteiger partial charge in [-0.05, 0) is 41.8 Å². The lowest BCUT2D eigenvalue weighted by Crippen LogP contribution is -2.14. The molecule has 0 saturated carbocycles. The maximum atomic E-state index is 12.7. The Morgan fingerprint density at radius 2 is 1.72 bits per heavy atom. The largest absolute Gasteiger partial charge is 0.322 e. The van der Waals surface area contributed by atoms with E-state index in [9.17, 15) is 13.2 Å². The molecule has 0 aliphatic rings. The molecule has 0 bridgehead atoms. The zero-order valence-electron chi connectivity index (χ0n) is 14.9. The number of rotatable bonds is 6. The first kappa shape index (κ1) is 19.3. The summed E-state index contributed by atoms with van der Waals surface area (Å²) in [5.74, 6) is -0.335. The van der Waals surface area contributed by atoms with Gasteiger partial charge >= 0.3 is 0 Å². The van der Waals surface area contributed by atoms with E-state index < -0.39 is 10.0 Å². The molecule has 1 amide bonds. The normalized spacial score (nSPS) is 11.2. The molecule has 2 aromatic carbocycles. The number of thiazole rings is 1. The van der Waals surface area contributed by atoms with E-state index in [0.29, 0.717) is 16.9 Å². The van der Waals surface area contributed by atoms with Gasteiger partial charge in [-0.25, -0.2) is 13.4 Å². The van der Waals surface area contributed by atoms with Gasteiger partial charge in [-0.2, -0.15) is 0 Å². The van der Waals surface area contributed by atoms with Gasteiger partial charge < -0.3 is 5.32 Å². The Bertz CT molecular complexity index is 1230. The van der Waals surface area contributed by atoms with E-state index in [4.69, 9.17) is 0 Å². The fourth-order valence-electron chi connectivity index (χ4n) is 2.65. The number of hydrogen-bond acceptors (Lipinski definition) is 6. The predicted molar refractivity (Wildman–Crippen MR) is 117 cm³/mol. The van der Waals surface area contributed by atoms with Crippen LogP contribution in [0.1, 0.15) is 10.4 Å². The van der Waals surface area contributed by atoms with Gasteiger partial charge in [0.05, 0.1) is 0 Å². The number of anilines is 2. The summed E-state index contributed by atoms with van der Waals surface area (Å²) in [4.78, 5) is 16.9. The minimum Gasteiger partial charge on any atom is -0.322 e. The average molecular weight is 442 g/mol. The van der Waals surface area contributed by atoms with Gasteiger partial charge in [0.25, 0.3) is 15.9 Å². The highest BCUT2D eigenvalue weighted by Gasteiger charge is 2.16. The zero-order valence-corrected chi connectivity index (χ0v) is 17.4. The number of amides is 1. The lowest BCUT2D eigenvalue weighted by atomic mass is 10.1. The summed E-state index contributed by atoms with van der Waals surface area (Å²) in [7, 11) is -3.67. The molecular formula is C20H15N3O3S3. The second-order valence-electron chi connectivity index (χ2n) is 5.99. The molecule has 0 radical (unpaired) electrons. The van der Waals surface area contributed by atoms with Crippen molar-refractivity contribution in [3.8, 4) is 10.6 Å². The molecule has 0 saturated heterocycles. The molecule has 0 aliphatic carbocycles. The van der Waals surface area contributed by atoms with Crippen LogP contribution in [0.3, 0.4) is 0 Å². The van der Waals surface area contributed by atoms with E-state index >= 15 is 0 Å². The Morgan fingerprint density at radius 3 is 2.48 bits per heavy atom. The standard InChI is InChI=1S/C20H15N3O3S3/c24-19(22-16-6-2-5-15(13-16)20-21-9-11-28-20)14-4-1-7-17(12-14)23-29(25,26)18-8-3-10-27-18/h1-13,23H,(H,22,24). The van der Waals surface area contributed by atoms with Crippen LogP contribution in [0.15, 0.2) is 81.8 Å². The molecule has 2 heterocycles. The van der Waals surface area contributed by atoms with Crippen LogP contribution in [0.25, 0.3) is 10.6 Å². The highest BCUT2D eigenvalue weighted by atomic mass is 32.2. The van der Waals surface area contributed by atoms with E-state index in [0.717, 1.165) is 21.9 Å². The molecule has 9 heteroatoms. The third kappa shape index (κ3) is 4.53. The molecular weight excluding hydrogens is 426 g/mol. The SMILES string of the molecule is O=C(Nc1cccc(-c2nccs2)c1)c1cccc(NS(=O)(=O)c2cccs2)c1. The summed E-state index contributed by atoms with van der Waals surface area (Å²) in [5.41, 5.74) is 2.21. The Balaban J connectivity index is 1.51. The van der Waals surface area contributed by atoms with Crippen LogP contribution in [-0.2, 0) is 10.0 Å². The Labute approximate surface area is 175 Å².